The van der Waals surface area contributed by atoms with E-state index in [0.717, 1.165) is 28.5 Å². The van der Waals surface area contributed by atoms with Crippen LogP contribution in [0.1, 0.15) is 36.1 Å². The molecule has 2 heterocycles. The highest BCUT2D eigenvalue weighted by molar-refractivity contribution is 6.51. The Kier molecular flexibility index (Phi) is 5.87. The molecule has 35 heavy (non-hydrogen) atoms. The van der Waals surface area contributed by atoms with Gasteiger partial charge >= 0.3 is 0 Å². The number of aromatic nitrogens is 1. The standard InChI is InChI=1S/C29H26N2O4/c1-3-15-35-21-13-11-19(12-14-21)27(32)25-26(23-17-30-24-10-5-4-9-22(23)24)31(29(34)28(25)33)20-8-6-7-18(2)16-20/h4-14,16-17,26,30,32H,3,15H2,1-2H3/b27-25+. The van der Waals surface area contributed by atoms with Crippen molar-refractivity contribution in [3.63, 3.8) is 0 Å². The monoisotopic (exact) mass is 466 g/mol. The summed E-state index contributed by atoms with van der Waals surface area (Å²) in [6, 6.07) is 21.3. The summed E-state index contributed by atoms with van der Waals surface area (Å²) in [6.07, 6.45) is 2.69. The van der Waals surface area contributed by atoms with Crippen molar-refractivity contribution in [3.8, 4) is 5.75 Å². The van der Waals surface area contributed by atoms with Crippen LogP contribution in [0.5, 0.6) is 5.75 Å². The fourth-order valence-electron chi connectivity index (χ4n) is 4.58. The number of hydrogen-bond donors (Lipinski definition) is 2. The Labute approximate surface area is 203 Å². The van der Waals surface area contributed by atoms with Gasteiger partial charge in [-0.1, -0.05) is 37.3 Å². The van der Waals surface area contributed by atoms with Crippen LogP contribution < -0.4 is 9.64 Å². The zero-order chi connectivity index (χ0) is 24.5. The lowest BCUT2D eigenvalue weighted by Crippen LogP contribution is -2.29. The summed E-state index contributed by atoms with van der Waals surface area (Å²) < 4.78 is 5.64. The number of rotatable bonds is 6. The van der Waals surface area contributed by atoms with Gasteiger partial charge in [0.1, 0.15) is 11.5 Å². The number of para-hydroxylation sites is 1. The highest BCUT2D eigenvalue weighted by Crippen LogP contribution is 2.44. The molecule has 0 saturated carbocycles. The number of amides is 1. The second-order valence-electron chi connectivity index (χ2n) is 8.67. The normalized spacial score (nSPS) is 17.3. The van der Waals surface area contributed by atoms with Crippen LogP contribution in [-0.4, -0.2) is 28.4 Å². The van der Waals surface area contributed by atoms with E-state index in [9.17, 15) is 14.7 Å². The van der Waals surface area contributed by atoms with Gasteiger partial charge in [-0.3, -0.25) is 14.5 Å². The van der Waals surface area contributed by atoms with Crippen molar-refractivity contribution in [1.29, 1.82) is 0 Å². The van der Waals surface area contributed by atoms with Crippen molar-refractivity contribution in [3.05, 3.63) is 101 Å². The van der Waals surface area contributed by atoms with Crippen molar-refractivity contribution in [2.75, 3.05) is 11.5 Å². The number of hydrogen-bond acceptors (Lipinski definition) is 4. The third kappa shape index (κ3) is 3.97. The summed E-state index contributed by atoms with van der Waals surface area (Å²) in [7, 11) is 0. The summed E-state index contributed by atoms with van der Waals surface area (Å²) in [4.78, 5) is 31.5. The quantitative estimate of drug-likeness (QED) is 0.211. The van der Waals surface area contributed by atoms with Crippen molar-refractivity contribution in [2.45, 2.75) is 26.3 Å². The molecular formula is C29H26N2O4. The molecule has 2 N–H and O–H groups in total. The van der Waals surface area contributed by atoms with Crippen molar-refractivity contribution in [1.82, 2.24) is 4.98 Å². The molecule has 176 valence electrons. The first-order valence-corrected chi connectivity index (χ1v) is 11.7. The Balaban J connectivity index is 1.69. The number of benzene rings is 3. The first-order valence-electron chi connectivity index (χ1n) is 11.7. The average Bonchev–Trinajstić information content (AvgIpc) is 3.41. The van der Waals surface area contributed by atoms with Crippen LogP contribution in [-0.2, 0) is 9.59 Å². The summed E-state index contributed by atoms with van der Waals surface area (Å²) >= 11 is 0. The van der Waals surface area contributed by atoms with Crippen LogP contribution in [0, 0.1) is 6.92 Å². The average molecular weight is 467 g/mol. The number of aliphatic hydroxyl groups is 1. The molecule has 1 aromatic heterocycles. The Bertz CT molecular complexity index is 1450. The van der Waals surface area contributed by atoms with Crippen LogP contribution in [0.25, 0.3) is 16.7 Å². The number of Topliss-reactive ketones (excluding diaryl/α,β-unsaturated/α-hetero) is 1. The highest BCUT2D eigenvalue weighted by atomic mass is 16.5. The zero-order valence-corrected chi connectivity index (χ0v) is 19.6. The molecule has 1 aliphatic heterocycles. The SMILES string of the molecule is CCCOc1ccc(/C(O)=C2\C(=O)C(=O)N(c3cccc(C)c3)C2c2c[nH]c3ccccc23)cc1. The first kappa shape index (κ1) is 22.5. The number of aromatic amines is 1. The van der Waals surface area contributed by atoms with Gasteiger partial charge in [-0.05, 0) is 61.4 Å². The molecular weight excluding hydrogens is 440 g/mol. The fourth-order valence-corrected chi connectivity index (χ4v) is 4.58. The maximum absolute atomic E-state index is 13.4. The van der Waals surface area contributed by atoms with E-state index in [4.69, 9.17) is 4.74 Å². The predicted molar refractivity (Wildman–Crippen MR) is 136 cm³/mol. The number of ketones is 1. The molecule has 0 spiro atoms. The maximum Gasteiger partial charge on any atom is 0.300 e. The Morgan fingerprint density at radius 3 is 2.54 bits per heavy atom. The lowest BCUT2D eigenvalue weighted by Gasteiger charge is -2.25. The van der Waals surface area contributed by atoms with E-state index in [1.54, 1.807) is 36.5 Å². The van der Waals surface area contributed by atoms with Gasteiger partial charge < -0.3 is 14.8 Å². The number of carbonyl (C=O) groups is 2. The first-order chi connectivity index (χ1) is 17.0. The molecule has 1 saturated heterocycles. The van der Waals surface area contributed by atoms with Gasteiger partial charge in [0.15, 0.2) is 0 Å². The number of fused-ring (bicyclic) bond motifs is 1. The number of nitrogens with one attached hydrogen (secondary N) is 1. The number of aliphatic hydroxyl groups excluding tert-OH is 1. The number of anilines is 1. The van der Waals surface area contributed by atoms with E-state index >= 15 is 0 Å². The van der Waals surface area contributed by atoms with Crippen LogP contribution in [0.15, 0.2) is 84.6 Å². The summed E-state index contributed by atoms with van der Waals surface area (Å²) in [5.41, 5.74) is 3.69. The van der Waals surface area contributed by atoms with Crippen LogP contribution in [0.4, 0.5) is 5.69 Å². The highest BCUT2D eigenvalue weighted by Gasteiger charge is 2.47. The minimum absolute atomic E-state index is 0.0588. The number of H-pyrrole nitrogens is 1. The zero-order valence-electron chi connectivity index (χ0n) is 19.6. The molecule has 3 aromatic carbocycles. The number of ether oxygens (including phenoxy) is 1. The molecule has 0 radical (unpaired) electrons. The molecule has 5 rings (SSSR count). The van der Waals surface area contributed by atoms with Gasteiger partial charge in [-0.15, -0.1) is 0 Å². The Hall–Kier alpha value is -4.32. The summed E-state index contributed by atoms with van der Waals surface area (Å²) in [6.45, 7) is 4.55. The molecule has 6 heteroatoms. The molecule has 1 fully saturated rings. The third-order valence-electron chi connectivity index (χ3n) is 6.24. The number of nitrogens with zero attached hydrogens (tertiary/aromatic N) is 1. The second kappa shape index (κ2) is 9.14. The smallest absolute Gasteiger partial charge is 0.300 e. The van der Waals surface area contributed by atoms with E-state index in [-0.39, 0.29) is 11.3 Å². The topological polar surface area (TPSA) is 82.6 Å². The lowest BCUT2D eigenvalue weighted by molar-refractivity contribution is -0.132. The van der Waals surface area contributed by atoms with Crippen molar-refractivity contribution in [2.24, 2.45) is 0 Å². The Morgan fingerprint density at radius 2 is 1.80 bits per heavy atom. The minimum atomic E-state index is -0.788. The summed E-state index contributed by atoms with van der Waals surface area (Å²) in [5.74, 6) is -0.923. The molecule has 1 amide bonds. The van der Waals surface area contributed by atoms with Gasteiger partial charge in [-0.2, -0.15) is 0 Å². The Morgan fingerprint density at radius 1 is 1.03 bits per heavy atom. The third-order valence-corrected chi connectivity index (χ3v) is 6.24. The molecule has 1 atom stereocenters. The fraction of sp³-hybridized carbons (Fsp3) is 0.172. The lowest BCUT2D eigenvalue weighted by atomic mass is 9.94. The van der Waals surface area contributed by atoms with Gasteiger partial charge in [0.05, 0.1) is 18.2 Å². The van der Waals surface area contributed by atoms with E-state index in [1.165, 1.54) is 4.90 Å². The van der Waals surface area contributed by atoms with Crippen LogP contribution >= 0.6 is 0 Å². The molecule has 1 unspecified atom stereocenters. The van der Waals surface area contributed by atoms with Gasteiger partial charge in [-0.25, -0.2) is 0 Å². The van der Waals surface area contributed by atoms with E-state index in [1.807, 2.05) is 56.3 Å². The molecule has 6 nitrogen and oxygen atoms in total. The maximum atomic E-state index is 13.4. The van der Waals surface area contributed by atoms with Crippen molar-refractivity contribution < 1.29 is 19.4 Å². The predicted octanol–water partition coefficient (Wildman–Crippen LogP) is 5.89. The van der Waals surface area contributed by atoms with Crippen LogP contribution in [0.3, 0.4) is 0 Å². The minimum Gasteiger partial charge on any atom is -0.507 e. The largest absolute Gasteiger partial charge is 0.507 e. The molecule has 4 aromatic rings. The van der Waals surface area contributed by atoms with E-state index in [2.05, 4.69) is 4.98 Å². The second-order valence-corrected chi connectivity index (χ2v) is 8.67. The number of aryl methyl sites for hydroxylation is 1. The molecule has 1 aliphatic rings. The van der Waals surface area contributed by atoms with Gasteiger partial charge in [0, 0.05) is 33.9 Å². The van der Waals surface area contributed by atoms with Gasteiger partial charge in [0.25, 0.3) is 11.7 Å². The summed E-state index contributed by atoms with van der Waals surface area (Å²) in [5, 5.41) is 12.2. The molecule has 0 bridgehead atoms. The van der Waals surface area contributed by atoms with E-state index < -0.39 is 17.7 Å². The van der Waals surface area contributed by atoms with Gasteiger partial charge in [0.2, 0.25) is 0 Å². The molecule has 0 aliphatic carbocycles. The van der Waals surface area contributed by atoms with Crippen molar-refractivity contribution >= 4 is 34.0 Å². The van der Waals surface area contributed by atoms with Crippen LogP contribution in [0.2, 0.25) is 0 Å². The number of carbonyl (C=O) groups excluding carboxylic acids is 2. The van der Waals surface area contributed by atoms with E-state index in [0.29, 0.717) is 23.6 Å².